The van der Waals surface area contributed by atoms with Crippen molar-refractivity contribution in [2.45, 2.75) is 25.3 Å². The highest BCUT2D eigenvalue weighted by Crippen LogP contribution is 2.22. The molecular weight excluding hydrogens is 278 g/mol. The van der Waals surface area contributed by atoms with Crippen LogP contribution in [0, 0.1) is 13.8 Å². The average molecular weight is 295 g/mol. The number of hydrogen-bond acceptors (Lipinski definition) is 5. The molecule has 7 heteroatoms. The molecule has 1 aromatic carbocycles. The van der Waals surface area contributed by atoms with Crippen LogP contribution in [0.4, 0.5) is 5.69 Å². The van der Waals surface area contributed by atoms with Crippen LogP contribution in [0.2, 0.25) is 0 Å². The summed E-state index contributed by atoms with van der Waals surface area (Å²) in [6.07, 6.45) is 0. The zero-order valence-corrected chi connectivity index (χ0v) is 12.4. The lowest BCUT2D eigenvalue weighted by Crippen LogP contribution is -2.27. The largest absolute Gasteiger partial charge is 0.399 e. The molecule has 2 N–H and O–H groups in total. The number of nitrogens with zero attached hydrogens (tertiary/aromatic N) is 2. The molecule has 2 aromatic rings. The minimum Gasteiger partial charge on any atom is -0.399 e. The van der Waals surface area contributed by atoms with Gasteiger partial charge in [-0.25, -0.2) is 8.42 Å². The second-order valence-electron chi connectivity index (χ2n) is 4.71. The highest BCUT2D eigenvalue weighted by Gasteiger charge is 2.24. The van der Waals surface area contributed by atoms with Crippen molar-refractivity contribution in [1.29, 1.82) is 0 Å². The van der Waals surface area contributed by atoms with Crippen LogP contribution >= 0.6 is 0 Å². The zero-order chi connectivity index (χ0) is 14.9. The lowest BCUT2D eigenvalue weighted by Gasteiger charge is -2.17. The lowest BCUT2D eigenvalue weighted by molar-refractivity contribution is 0.378. The van der Waals surface area contributed by atoms with Gasteiger partial charge in [-0.2, -0.15) is 4.31 Å². The number of nitrogen functional groups attached to an aromatic ring is 1. The topological polar surface area (TPSA) is 89.4 Å². The third kappa shape index (κ3) is 2.83. The summed E-state index contributed by atoms with van der Waals surface area (Å²) in [5, 5.41) is 3.80. The van der Waals surface area contributed by atoms with Crippen LogP contribution in [0.3, 0.4) is 0 Å². The van der Waals surface area contributed by atoms with Crippen molar-refractivity contribution in [2.24, 2.45) is 0 Å². The van der Waals surface area contributed by atoms with Gasteiger partial charge < -0.3 is 10.3 Å². The molecule has 0 fully saturated rings. The first-order valence-electron chi connectivity index (χ1n) is 6.05. The van der Waals surface area contributed by atoms with E-state index in [1.165, 1.54) is 17.4 Å². The fourth-order valence-corrected chi connectivity index (χ4v) is 3.27. The molecule has 2 rings (SSSR count). The molecule has 0 amide bonds. The van der Waals surface area contributed by atoms with E-state index in [4.69, 9.17) is 10.3 Å². The predicted molar refractivity (Wildman–Crippen MR) is 75.5 cm³/mol. The Morgan fingerprint density at radius 3 is 2.60 bits per heavy atom. The summed E-state index contributed by atoms with van der Waals surface area (Å²) >= 11 is 0. The molecule has 6 nitrogen and oxygen atoms in total. The Labute approximate surface area is 118 Å². The second-order valence-corrected chi connectivity index (χ2v) is 6.73. The summed E-state index contributed by atoms with van der Waals surface area (Å²) in [7, 11) is -2.11. The van der Waals surface area contributed by atoms with Crippen LogP contribution in [0.1, 0.15) is 17.0 Å². The summed E-state index contributed by atoms with van der Waals surface area (Å²) in [6.45, 7) is 3.64. The third-order valence-electron chi connectivity index (χ3n) is 2.96. The van der Waals surface area contributed by atoms with E-state index in [1.807, 2.05) is 0 Å². The molecule has 20 heavy (non-hydrogen) atoms. The maximum atomic E-state index is 12.5. The van der Waals surface area contributed by atoms with Crippen molar-refractivity contribution in [2.75, 3.05) is 12.8 Å². The van der Waals surface area contributed by atoms with Crippen molar-refractivity contribution in [3.63, 3.8) is 0 Å². The maximum Gasteiger partial charge on any atom is 0.243 e. The van der Waals surface area contributed by atoms with Crippen molar-refractivity contribution in [3.05, 3.63) is 41.3 Å². The summed E-state index contributed by atoms with van der Waals surface area (Å²) in [5.74, 6) is 0.644. The van der Waals surface area contributed by atoms with Crippen LogP contribution in [-0.2, 0) is 16.6 Å². The van der Waals surface area contributed by atoms with Gasteiger partial charge in [-0.3, -0.25) is 0 Å². The number of sulfonamides is 1. The molecule has 108 valence electrons. The Morgan fingerprint density at radius 1 is 1.30 bits per heavy atom. The Hall–Kier alpha value is -1.86. The standard InChI is InChI=1S/C13H17N3O3S/c1-9-4-5-11(14)7-13(9)20(17,18)16(3)8-12-6-10(2)19-15-12/h4-7H,8,14H2,1-3H3. The molecule has 0 aliphatic carbocycles. The van der Waals surface area contributed by atoms with E-state index < -0.39 is 10.0 Å². The van der Waals surface area contributed by atoms with Gasteiger partial charge in [0.1, 0.15) is 5.76 Å². The molecule has 0 saturated carbocycles. The Kier molecular flexibility index (Phi) is 3.82. The number of aromatic nitrogens is 1. The number of nitrogens with two attached hydrogens (primary N) is 1. The van der Waals surface area contributed by atoms with E-state index in [-0.39, 0.29) is 11.4 Å². The van der Waals surface area contributed by atoms with Gasteiger partial charge in [0.25, 0.3) is 0 Å². The smallest absolute Gasteiger partial charge is 0.243 e. The zero-order valence-electron chi connectivity index (χ0n) is 11.6. The van der Waals surface area contributed by atoms with Gasteiger partial charge in [0, 0.05) is 18.8 Å². The number of rotatable bonds is 4. The average Bonchev–Trinajstić information content (AvgIpc) is 2.77. The summed E-state index contributed by atoms with van der Waals surface area (Å²) in [5.41, 5.74) is 7.31. The molecule has 1 heterocycles. The van der Waals surface area contributed by atoms with Crippen molar-refractivity contribution in [1.82, 2.24) is 9.46 Å². The van der Waals surface area contributed by atoms with E-state index in [2.05, 4.69) is 5.16 Å². The molecule has 0 bridgehead atoms. The lowest BCUT2D eigenvalue weighted by atomic mass is 10.2. The second kappa shape index (κ2) is 5.26. The Bertz CT molecular complexity index is 722. The molecular formula is C13H17N3O3S. The first-order chi connectivity index (χ1) is 9.30. The quantitative estimate of drug-likeness (QED) is 0.867. The van der Waals surface area contributed by atoms with Crippen molar-refractivity contribution >= 4 is 15.7 Å². The predicted octanol–water partition coefficient (Wildman–Crippen LogP) is 1.69. The highest BCUT2D eigenvalue weighted by atomic mass is 32.2. The molecule has 0 spiro atoms. The van der Waals surface area contributed by atoms with Gasteiger partial charge in [-0.1, -0.05) is 11.2 Å². The Morgan fingerprint density at radius 2 is 2.00 bits per heavy atom. The van der Waals surface area contributed by atoms with E-state index in [0.717, 1.165) is 0 Å². The molecule has 1 aromatic heterocycles. The minimum atomic E-state index is -3.61. The van der Waals surface area contributed by atoms with Crippen LogP contribution in [-0.4, -0.2) is 24.9 Å². The highest BCUT2D eigenvalue weighted by molar-refractivity contribution is 7.89. The van der Waals surface area contributed by atoms with Crippen LogP contribution < -0.4 is 5.73 Å². The number of anilines is 1. The van der Waals surface area contributed by atoms with Gasteiger partial charge in [-0.05, 0) is 31.5 Å². The molecule has 0 aliphatic rings. The molecule has 0 atom stereocenters. The summed E-state index contributed by atoms with van der Waals surface area (Å²) in [6, 6.07) is 6.54. The van der Waals surface area contributed by atoms with Crippen molar-refractivity contribution < 1.29 is 12.9 Å². The van der Waals surface area contributed by atoms with Gasteiger partial charge >= 0.3 is 0 Å². The summed E-state index contributed by atoms with van der Waals surface area (Å²) in [4.78, 5) is 0.209. The molecule has 0 radical (unpaired) electrons. The normalized spacial score (nSPS) is 12.0. The molecule has 0 aliphatic heterocycles. The van der Waals surface area contributed by atoms with Crippen LogP contribution in [0.15, 0.2) is 33.7 Å². The van der Waals surface area contributed by atoms with Crippen molar-refractivity contribution in [3.8, 4) is 0 Å². The summed E-state index contributed by atoms with van der Waals surface area (Å²) < 4.78 is 31.2. The fraction of sp³-hybridized carbons (Fsp3) is 0.308. The minimum absolute atomic E-state index is 0.147. The fourth-order valence-electron chi connectivity index (χ4n) is 1.87. The van der Waals surface area contributed by atoms with Gasteiger partial charge in [0.15, 0.2) is 0 Å². The molecule has 0 unspecified atom stereocenters. The van der Waals surface area contributed by atoms with Gasteiger partial charge in [-0.15, -0.1) is 0 Å². The monoisotopic (exact) mass is 295 g/mol. The third-order valence-corrected chi connectivity index (χ3v) is 4.91. The number of benzene rings is 1. The first kappa shape index (κ1) is 14.5. The molecule has 0 saturated heterocycles. The first-order valence-corrected chi connectivity index (χ1v) is 7.49. The van der Waals surface area contributed by atoms with E-state index in [1.54, 1.807) is 32.0 Å². The van der Waals surface area contributed by atoms with Gasteiger partial charge in [0.2, 0.25) is 10.0 Å². The van der Waals surface area contributed by atoms with Crippen LogP contribution in [0.25, 0.3) is 0 Å². The van der Waals surface area contributed by atoms with Crippen LogP contribution in [0.5, 0.6) is 0 Å². The van der Waals surface area contributed by atoms with E-state index >= 15 is 0 Å². The SMILES string of the molecule is Cc1cc(CN(C)S(=O)(=O)c2cc(N)ccc2C)no1. The maximum absolute atomic E-state index is 12.5. The number of hydrogen-bond donors (Lipinski definition) is 1. The van der Waals surface area contributed by atoms with E-state index in [0.29, 0.717) is 22.7 Å². The van der Waals surface area contributed by atoms with Gasteiger partial charge in [0.05, 0.1) is 17.1 Å². The van der Waals surface area contributed by atoms with E-state index in [9.17, 15) is 8.42 Å². The Balaban J connectivity index is 2.32. The number of aryl methyl sites for hydroxylation is 2.